The van der Waals surface area contributed by atoms with E-state index in [1.807, 2.05) is 48.5 Å². The Kier molecular flexibility index (Phi) is 8.55. The zero-order valence-corrected chi connectivity index (χ0v) is 20.9. The highest BCUT2D eigenvalue weighted by molar-refractivity contribution is 6.30. The fraction of sp³-hybridized carbons (Fsp3) is 0.444. The van der Waals surface area contributed by atoms with E-state index in [-0.39, 0.29) is 23.4 Å². The molecule has 2 aromatic carbocycles. The molecule has 0 saturated carbocycles. The fourth-order valence-electron chi connectivity index (χ4n) is 4.96. The quantitative estimate of drug-likeness (QED) is 0.437. The van der Waals surface area contributed by atoms with Crippen LogP contribution in [0.3, 0.4) is 0 Å². The Bertz CT molecular complexity index is 1210. The lowest BCUT2D eigenvalue weighted by Gasteiger charge is -2.26. The van der Waals surface area contributed by atoms with E-state index in [2.05, 4.69) is 4.90 Å². The average molecular weight is 497 g/mol. The molecule has 3 aromatic rings. The molecular weight excluding hydrogens is 464 g/mol. The number of aromatic nitrogens is 2. The predicted molar refractivity (Wildman–Crippen MR) is 139 cm³/mol. The molecule has 1 saturated heterocycles. The number of halogens is 1. The van der Waals surface area contributed by atoms with Crippen molar-refractivity contribution in [3.63, 3.8) is 0 Å². The van der Waals surface area contributed by atoms with Gasteiger partial charge in [0, 0.05) is 42.5 Å². The van der Waals surface area contributed by atoms with Gasteiger partial charge in [-0.15, -0.1) is 0 Å². The molecule has 0 spiro atoms. The molecular formula is C27H33ClN4O3. The van der Waals surface area contributed by atoms with Crippen LogP contribution in [0, 0.1) is 5.92 Å². The van der Waals surface area contributed by atoms with Gasteiger partial charge < -0.3 is 10.5 Å². The summed E-state index contributed by atoms with van der Waals surface area (Å²) in [7, 11) is 1.63. The van der Waals surface area contributed by atoms with Crippen LogP contribution in [0.1, 0.15) is 36.9 Å². The number of likely N-dealkylation sites (tertiary alicyclic amines) is 1. The number of benzene rings is 2. The van der Waals surface area contributed by atoms with Crippen LogP contribution in [0.4, 0.5) is 0 Å². The van der Waals surface area contributed by atoms with Crippen molar-refractivity contribution < 1.29 is 9.53 Å². The van der Waals surface area contributed by atoms with Crippen molar-refractivity contribution in [1.82, 2.24) is 14.7 Å². The van der Waals surface area contributed by atoms with Gasteiger partial charge in [-0.1, -0.05) is 41.9 Å². The summed E-state index contributed by atoms with van der Waals surface area (Å²) >= 11 is 6.05. The second kappa shape index (κ2) is 11.8. The van der Waals surface area contributed by atoms with Crippen LogP contribution >= 0.6 is 11.6 Å². The molecule has 1 fully saturated rings. The molecule has 35 heavy (non-hydrogen) atoms. The van der Waals surface area contributed by atoms with Gasteiger partial charge in [0.2, 0.25) is 5.91 Å². The van der Waals surface area contributed by atoms with Crippen molar-refractivity contribution in [3.05, 3.63) is 75.2 Å². The van der Waals surface area contributed by atoms with Gasteiger partial charge in [0.25, 0.3) is 5.56 Å². The molecule has 2 atom stereocenters. The lowest BCUT2D eigenvalue weighted by atomic mass is 10.0. The summed E-state index contributed by atoms with van der Waals surface area (Å²) in [6.45, 7) is 2.75. The monoisotopic (exact) mass is 496 g/mol. The largest absolute Gasteiger partial charge is 0.385 e. The number of nitrogens with zero attached hydrogens (tertiary/aromatic N) is 3. The number of hydrogen-bond acceptors (Lipinski definition) is 5. The molecule has 7 nitrogen and oxygen atoms in total. The maximum absolute atomic E-state index is 13.3. The number of hydrogen-bond donors (Lipinski definition) is 1. The van der Waals surface area contributed by atoms with Crippen molar-refractivity contribution in [2.75, 3.05) is 26.8 Å². The molecule has 0 aliphatic carbocycles. The lowest BCUT2D eigenvalue weighted by molar-refractivity contribution is -0.122. The summed E-state index contributed by atoms with van der Waals surface area (Å²) in [5, 5.41) is 7.10. The van der Waals surface area contributed by atoms with Gasteiger partial charge in [0.15, 0.2) is 0 Å². The lowest BCUT2D eigenvalue weighted by Crippen LogP contribution is -2.39. The van der Waals surface area contributed by atoms with Gasteiger partial charge in [-0.2, -0.15) is 5.10 Å². The van der Waals surface area contributed by atoms with Crippen LogP contribution in [-0.2, 0) is 22.5 Å². The molecule has 186 valence electrons. The predicted octanol–water partition coefficient (Wildman–Crippen LogP) is 3.63. The minimum Gasteiger partial charge on any atom is -0.385 e. The number of rotatable bonds is 11. The first-order valence-corrected chi connectivity index (χ1v) is 12.6. The van der Waals surface area contributed by atoms with E-state index in [9.17, 15) is 9.59 Å². The molecule has 2 heterocycles. The van der Waals surface area contributed by atoms with Crippen molar-refractivity contribution in [1.29, 1.82) is 0 Å². The van der Waals surface area contributed by atoms with E-state index in [0.717, 1.165) is 42.6 Å². The molecule has 0 radical (unpaired) electrons. The number of carbonyl (C=O) groups excluding carboxylic acids is 1. The van der Waals surface area contributed by atoms with Crippen LogP contribution < -0.4 is 11.3 Å². The third-order valence-electron chi connectivity index (χ3n) is 6.95. The zero-order valence-electron chi connectivity index (χ0n) is 20.2. The maximum atomic E-state index is 13.3. The fourth-order valence-corrected chi connectivity index (χ4v) is 5.09. The Hall–Kier alpha value is -2.74. The van der Waals surface area contributed by atoms with E-state index in [1.54, 1.807) is 11.8 Å². The zero-order chi connectivity index (χ0) is 24.8. The topological polar surface area (TPSA) is 90.4 Å². The van der Waals surface area contributed by atoms with Crippen molar-refractivity contribution >= 4 is 28.3 Å². The number of ether oxygens (including phenoxy) is 1. The Balaban J connectivity index is 1.55. The standard InChI is InChI=1S/C27H33ClN4O3/c1-35-16-13-20(26(29)33)12-15-31-14-4-5-22(31)18-32-27(34)24-7-3-2-6-23(24)25(30-32)17-19-8-10-21(28)11-9-19/h2-3,6-11,20,22H,4-5,12-18H2,1H3,(H2,29,33)/t20?,22-/m1/s1. The van der Waals surface area contributed by atoms with E-state index in [1.165, 1.54) is 0 Å². The summed E-state index contributed by atoms with van der Waals surface area (Å²) in [4.78, 5) is 27.5. The second-order valence-electron chi connectivity index (χ2n) is 9.28. The average Bonchev–Trinajstić information content (AvgIpc) is 3.30. The molecule has 1 unspecified atom stereocenters. The smallest absolute Gasteiger partial charge is 0.274 e. The highest BCUT2D eigenvalue weighted by atomic mass is 35.5. The number of methoxy groups -OCH3 is 1. The SMILES string of the molecule is COCCC(CCN1CCC[C@@H]1Cn1nc(Cc2ccc(Cl)cc2)c2ccccc2c1=O)C(N)=O. The summed E-state index contributed by atoms with van der Waals surface area (Å²) in [5.41, 5.74) is 7.50. The van der Waals surface area contributed by atoms with E-state index in [0.29, 0.717) is 42.8 Å². The molecule has 1 aromatic heterocycles. The summed E-state index contributed by atoms with van der Waals surface area (Å²) in [6, 6.07) is 15.6. The van der Waals surface area contributed by atoms with Gasteiger partial charge in [0.05, 0.1) is 17.6 Å². The minimum absolute atomic E-state index is 0.0672. The van der Waals surface area contributed by atoms with E-state index < -0.39 is 0 Å². The van der Waals surface area contributed by atoms with Crippen LogP contribution in [0.2, 0.25) is 5.02 Å². The van der Waals surface area contributed by atoms with Crippen molar-refractivity contribution in [3.8, 4) is 0 Å². The van der Waals surface area contributed by atoms with Gasteiger partial charge in [0.1, 0.15) is 0 Å². The maximum Gasteiger partial charge on any atom is 0.274 e. The number of amides is 1. The van der Waals surface area contributed by atoms with Crippen LogP contribution in [-0.4, -0.2) is 53.4 Å². The Labute approximate surface area is 210 Å². The van der Waals surface area contributed by atoms with Crippen LogP contribution in [0.15, 0.2) is 53.3 Å². The van der Waals surface area contributed by atoms with E-state index >= 15 is 0 Å². The van der Waals surface area contributed by atoms with Crippen molar-refractivity contribution in [2.24, 2.45) is 11.7 Å². The Morgan fingerprint density at radius 3 is 2.63 bits per heavy atom. The Morgan fingerprint density at radius 1 is 1.17 bits per heavy atom. The Morgan fingerprint density at radius 2 is 1.91 bits per heavy atom. The molecule has 8 heteroatoms. The van der Waals surface area contributed by atoms with E-state index in [4.69, 9.17) is 27.2 Å². The second-order valence-corrected chi connectivity index (χ2v) is 9.72. The molecule has 1 aliphatic rings. The highest BCUT2D eigenvalue weighted by Gasteiger charge is 2.27. The number of fused-ring (bicyclic) bond motifs is 1. The first-order chi connectivity index (χ1) is 17.0. The molecule has 1 aliphatic heterocycles. The molecule has 0 bridgehead atoms. The van der Waals surface area contributed by atoms with Crippen molar-refractivity contribution in [2.45, 2.75) is 44.7 Å². The summed E-state index contributed by atoms with van der Waals surface area (Å²) in [6.07, 6.45) is 3.99. The molecule has 2 N–H and O–H groups in total. The summed E-state index contributed by atoms with van der Waals surface area (Å²) < 4.78 is 6.76. The minimum atomic E-state index is -0.281. The van der Waals surface area contributed by atoms with Crippen LogP contribution in [0.25, 0.3) is 10.8 Å². The highest BCUT2D eigenvalue weighted by Crippen LogP contribution is 2.22. The van der Waals surface area contributed by atoms with Gasteiger partial charge in [-0.25, -0.2) is 4.68 Å². The van der Waals surface area contributed by atoms with Crippen LogP contribution in [0.5, 0.6) is 0 Å². The number of carbonyl (C=O) groups is 1. The third-order valence-corrected chi connectivity index (χ3v) is 7.20. The molecule has 1 amide bonds. The first kappa shape index (κ1) is 25.4. The van der Waals surface area contributed by atoms with Gasteiger partial charge in [-0.3, -0.25) is 14.5 Å². The number of nitrogens with two attached hydrogens (primary N) is 1. The number of primary amides is 1. The summed E-state index contributed by atoms with van der Waals surface area (Å²) in [5.74, 6) is -0.485. The van der Waals surface area contributed by atoms with Gasteiger partial charge in [-0.05, 0) is 62.5 Å². The molecule has 4 rings (SSSR count). The first-order valence-electron chi connectivity index (χ1n) is 12.2. The normalized spacial score (nSPS) is 17.1. The third kappa shape index (κ3) is 6.28. The van der Waals surface area contributed by atoms with Gasteiger partial charge >= 0.3 is 0 Å².